The normalized spacial score (nSPS) is 13.9. The standard InChI is InChI=1S/C16H22BrNO6/c1-16(2,3)24-15(23)18-7-6-12(19)13(20)9-4-5-11(17)10(8-9)14(21)22/h4-5,8,12-13,19-20H,6-7H2,1-3H3,(H,18,23)(H,21,22). The molecule has 0 aliphatic carbocycles. The maximum atomic E-state index is 11.5. The molecule has 4 N–H and O–H groups in total. The van der Waals surface area contributed by atoms with E-state index in [4.69, 9.17) is 9.84 Å². The van der Waals surface area contributed by atoms with Gasteiger partial charge < -0.3 is 25.4 Å². The van der Waals surface area contributed by atoms with Crippen LogP contribution in [0.2, 0.25) is 0 Å². The molecular weight excluding hydrogens is 382 g/mol. The second kappa shape index (κ2) is 8.46. The molecule has 0 aliphatic rings. The molecule has 0 spiro atoms. The number of carboxylic acid groups (broad SMARTS) is 1. The first-order valence-electron chi connectivity index (χ1n) is 7.37. The summed E-state index contributed by atoms with van der Waals surface area (Å²) in [5.41, 5.74) is -0.349. The molecule has 0 aromatic heterocycles. The van der Waals surface area contributed by atoms with Crippen molar-refractivity contribution in [3.63, 3.8) is 0 Å². The molecule has 24 heavy (non-hydrogen) atoms. The van der Waals surface area contributed by atoms with Crippen LogP contribution in [0.25, 0.3) is 0 Å². The van der Waals surface area contributed by atoms with Gasteiger partial charge in [0.2, 0.25) is 0 Å². The van der Waals surface area contributed by atoms with E-state index in [-0.39, 0.29) is 24.1 Å². The number of benzene rings is 1. The molecular formula is C16H22BrNO6. The summed E-state index contributed by atoms with van der Waals surface area (Å²) in [6.07, 6.45) is -2.96. The quantitative estimate of drug-likeness (QED) is 0.579. The molecule has 1 aromatic carbocycles. The lowest BCUT2D eigenvalue weighted by molar-refractivity contribution is 0.0122. The van der Waals surface area contributed by atoms with E-state index in [0.29, 0.717) is 4.47 Å². The first-order chi connectivity index (χ1) is 11.0. The summed E-state index contributed by atoms with van der Waals surface area (Å²) in [6.45, 7) is 5.31. The van der Waals surface area contributed by atoms with Gasteiger partial charge in [-0.15, -0.1) is 0 Å². The lowest BCUT2D eigenvalue weighted by Gasteiger charge is -2.21. The molecule has 0 saturated heterocycles. The molecule has 134 valence electrons. The Balaban J connectivity index is 2.59. The van der Waals surface area contributed by atoms with Crippen molar-refractivity contribution in [1.82, 2.24) is 5.32 Å². The van der Waals surface area contributed by atoms with Crippen molar-refractivity contribution in [3.8, 4) is 0 Å². The number of hydrogen-bond donors (Lipinski definition) is 4. The number of ether oxygens (including phenoxy) is 1. The highest BCUT2D eigenvalue weighted by Crippen LogP contribution is 2.25. The largest absolute Gasteiger partial charge is 0.478 e. The predicted molar refractivity (Wildman–Crippen MR) is 90.9 cm³/mol. The SMILES string of the molecule is CC(C)(C)OC(=O)NCCC(O)C(O)c1ccc(Br)c(C(=O)O)c1. The van der Waals surface area contributed by atoms with E-state index in [1.54, 1.807) is 20.8 Å². The minimum atomic E-state index is -1.27. The average Bonchev–Trinajstić information content (AvgIpc) is 2.44. The Hall–Kier alpha value is -1.64. The summed E-state index contributed by atoms with van der Waals surface area (Å²) >= 11 is 3.11. The molecule has 0 bridgehead atoms. The van der Waals surface area contributed by atoms with Crippen molar-refractivity contribution in [2.24, 2.45) is 0 Å². The molecule has 0 aliphatic heterocycles. The lowest BCUT2D eigenvalue weighted by Crippen LogP contribution is -2.34. The number of carbonyl (C=O) groups is 2. The van der Waals surface area contributed by atoms with Crippen LogP contribution in [0.15, 0.2) is 22.7 Å². The van der Waals surface area contributed by atoms with E-state index in [1.165, 1.54) is 18.2 Å². The van der Waals surface area contributed by atoms with E-state index < -0.39 is 29.9 Å². The minimum Gasteiger partial charge on any atom is -0.478 e. The maximum absolute atomic E-state index is 11.5. The lowest BCUT2D eigenvalue weighted by atomic mass is 10.00. The van der Waals surface area contributed by atoms with Crippen molar-refractivity contribution < 1.29 is 29.6 Å². The van der Waals surface area contributed by atoms with Crippen LogP contribution in [0.4, 0.5) is 4.79 Å². The van der Waals surface area contributed by atoms with Gasteiger partial charge in [-0.2, -0.15) is 0 Å². The van der Waals surface area contributed by atoms with Gasteiger partial charge in [-0.3, -0.25) is 0 Å². The monoisotopic (exact) mass is 403 g/mol. The number of carboxylic acids is 1. The third-order valence-electron chi connectivity index (χ3n) is 3.04. The number of halogens is 1. The number of hydrogen-bond acceptors (Lipinski definition) is 5. The molecule has 7 nitrogen and oxygen atoms in total. The van der Waals surface area contributed by atoms with E-state index in [1.807, 2.05) is 0 Å². The van der Waals surface area contributed by atoms with Crippen molar-refractivity contribution in [3.05, 3.63) is 33.8 Å². The van der Waals surface area contributed by atoms with E-state index in [0.717, 1.165) is 0 Å². The second-order valence-electron chi connectivity index (χ2n) is 6.27. The molecule has 1 aromatic rings. The number of aliphatic hydroxyl groups is 2. The van der Waals surface area contributed by atoms with E-state index in [2.05, 4.69) is 21.2 Å². The van der Waals surface area contributed by atoms with Gasteiger partial charge in [-0.05, 0) is 60.8 Å². The number of alkyl carbamates (subject to hydrolysis) is 1. The first kappa shape index (κ1) is 20.4. The fourth-order valence-electron chi connectivity index (χ4n) is 1.91. The molecule has 1 rings (SSSR count). The van der Waals surface area contributed by atoms with Gasteiger partial charge in [0.15, 0.2) is 0 Å². The molecule has 1 amide bonds. The molecule has 0 saturated carbocycles. The average molecular weight is 404 g/mol. The second-order valence-corrected chi connectivity index (χ2v) is 7.13. The van der Waals surface area contributed by atoms with Crippen LogP contribution in [0.3, 0.4) is 0 Å². The zero-order valence-electron chi connectivity index (χ0n) is 13.7. The Kier molecular flexibility index (Phi) is 7.19. The van der Waals surface area contributed by atoms with Crippen LogP contribution >= 0.6 is 15.9 Å². The third-order valence-corrected chi connectivity index (χ3v) is 3.73. The Morgan fingerprint density at radius 3 is 2.46 bits per heavy atom. The van der Waals surface area contributed by atoms with Crippen LogP contribution in [0.5, 0.6) is 0 Å². The van der Waals surface area contributed by atoms with Gasteiger partial charge in [-0.25, -0.2) is 9.59 Å². The van der Waals surface area contributed by atoms with Crippen LogP contribution in [-0.4, -0.2) is 45.6 Å². The van der Waals surface area contributed by atoms with Crippen LogP contribution in [0, 0.1) is 0 Å². The van der Waals surface area contributed by atoms with Gasteiger partial charge in [0.1, 0.15) is 11.7 Å². The van der Waals surface area contributed by atoms with E-state index in [9.17, 15) is 19.8 Å². The predicted octanol–water partition coefficient (Wildman–Crippen LogP) is 2.46. The summed E-state index contributed by atoms with van der Waals surface area (Å²) in [7, 11) is 0. The van der Waals surface area contributed by atoms with Crippen molar-refractivity contribution in [1.29, 1.82) is 0 Å². The van der Waals surface area contributed by atoms with Crippen molar-refractivity contribution >= 4 is 28.0 Å². The summed E-state index contributed by atoms with van der Waals surface area (Å²) in [4.78, 5) is 22.6. The van der Waals surface area contributed by atoms with E-state index >= 15 is 0 Å². The number of carbonyl (C=O) groups excluding carboxylic acids is 1. The number of aliphatic hydroxyl groups excluding tert-OH is 2. The highest BCUT2D eigenvalue weighted by Gasteiger charge is 2.21. The molecule has 2 atom stereocenters. The van der Waals surface area contributed by atoms with Crippen LogP contribution in [-0.2, 0) is 4.74 Å². The minimum absolute atomic E-state index is 0.00868. The molecule has 0 fully saturated rings. The Morgan fingerprint density at radius 1 is 1.29 bits per heavy atom. The zero-order valence-corrected chi connectivity index (χ0v) is 15.3. The van der Waals surface area contributed by atoms with Gasteiger partial charge in [-0.1, -0.05) is 6.07 Å². The number of nitrogens with one attached hydrogen (secondary N) is 1. The smallest absolute Gasteiger partial charge is 0.407 e. The van der Waals surface area contributed by atoms with Crippen molar-refractivity contribution in [2.75, 3.05) is 6.54 Å². The zero-order chi connectivity index (χ0) is 18.5. The summed E-state index contributed by atoms with van der Waals surface area (Å²) in [5, 5.41) is 31.7. The Bertz CT molecular complexity index is 599. The number of rotatable bonds is 6. The summed E-state index contributed by atoms with van der Waals surface area (Å²) in [5.74, 6) is -1.14. The van der Waals surface area contributed by atoms with Gasteiger partial charge in [0, 0.05) is 11.0 Å². The fraction of sp³-hybridized carbons (Fsp3) is 0.500. The molecule has 2 unspecified atom stereocenters. The topological polar surface area (TPSA) is 116 Å². The van der Waals surface area contributed by atoms with Crippen LogP contribution in [0.1, 0.15) is 49.2 Å². The Labute approximate surface area is 148 Å². The van der Waals surface area contributed by atoms with Crippen molar-refractivity contribution in [2.45, 2.75) is 45.0 Å². The summed E-state index contributed by atoms with van der Waals surface area (Å²) < 4.78 is 5.44. The molecule has 8 heteroatoms. The molecule has 0 heterocycles. The highest BCUT2D eigenvalue weighted by molar-refractivity contribution is 9.10. The number of aromatic carboxylic acids is 1. The number of amides is 1. The van der Waals surface area contributed by atoms with Crippen LogP contribution < -0.4 is 5.32 Å². The molecule has 0 radical (unpaired) electrons. The summed E-state index contributed by atoms with van der Waals surface area (Å²) in [6, 6.07) is 4.31. The third kappa shape index (κ3) is 6.46. The Morgan fingerprint density at radius 2 is 1.92 bits per heavy atom. The highest BCUT2D eigenvalue weighted by atomic mass is 79.9. The van der Waals surface area contributed by atoms with Gasteiger partial charge in [0.05, 0.1) is 11.7 Å². The first-order valence-corrected chi connectivity index (χ1v) is 8.16. The fourth-order valence-corrected chi connectivity index (χ4v) is 2.32. The van der Waals surface area contributed by atoms with Gasteiger partial charge in [0.25, 0.3) is 0 Å². The maximum Gasteiger partial charge on any atom is 0.407 e. The van der Waals surface area contributed by atoms with Gasteiger partial charge >= 0.3 is 12.1 Å².